The first kappa shape index (κ1) is 47.5. The van der Waals surface area contributed by atoms with Crippen molar-refractivity contribution in [3.05, 3.63) is 243 Å². The third kappa shape index (κ3) is 17.2. The molecule has 61 heavy (non-hydrogen) atoms. The number of aliphatic carboxylic acids is 2. The molecule has 0 spiro atoms. The van der Waals surface area contributed by atoms with E-state index in [2.05, 4.69) is 182 Å². The molecule has 0 aliphatic rings. The molecule has 8 aromatic carbocycles. The number of hydrogen-bond acceptors (Lipinski definition) is 4. The van der Waals surface area contributed by atoms with E-state index in [9.17, 15) is 9.59 Å². The van der Waals surface area contributed by atoms with E-state index in [0.717, 1.165) is 0 Å². The van der Waals surface area contributed by atoms with Crippen LogP contribution in [0.2, 0.25) is 0 Å². The van der Waals surface area contributed by atoms with Crippen LogP contribution in [0.1, 0.15) is 0 Å². The molecule has 0 heterocycles. The van der Waals surface area contributed by atoms with Gasteiger partial charge in [0.25, 0.3) is 0 Å². The SMILES string of the molecule is O=C(O)COc1ccccc1.O=C(O)COc1ccccc1.[Pt].c1ccc([PH+](c2ccccc2)c2ccccc2)cc1.c1ccc([PH+](c2ccccc2)c2ccccc2)cc1. The van der Waals surface area contributed by atoms with Crippen molar-refractivity contribution in [3.63, 3.8) is 0 Å². The fourth-order valence-electron chi connectivity index (χ4n) is 5.95. The Morgan fingerprint density at radius 3 is 0.639 bits per heavy atom. The van der Waals surface area contributed by atoms with Crippen LogP contribution in [0.3, 0.4) is 0 Å². The Hall–Kier alpha value is -6.15. The third-order valence-corrected chi connectivity index (χ3v) is 14.0. The van der Waals surface area contributed by atoms with Gasteiger partial charge in [-0.3, -0.25) is 0 Å². The molecule has 0 aromatic heterocycles. The molecule has 0 fully saturated rings. The van der Waals surface area contributed by atoms with E-state index in [1.54, 1.807) is 48.5 Å². The third-order valence-electron chi connectivity index (χ3n) is 8.59. The fraction of sp³-hybridized carbons (Fsp3) is 0.0385. The summed E-state index contributed by atoms with van der Waals surface area (Å²) in [6.45, 7) is -0.575. The summed E-state index contributed by atoms with van der Waals surface area (Å²) in [6.07, 6.45) is 0. The summed E-state index contributed by atoms with van der Waals surface area (Å²) < 4.78 is 9.74. The zero-order valence-corrected chi connectivity index (χ0v) is 37.6. The molecule has 9 heteroatoms. The molecule has 8 rings (SSSR count). The average molecular weight is 1030 g/mol. The van der Waals surface area contributed by atoms with Crippen LogP contribution in [0.4, 0.5) is 0 Å². The summed E-state index contributed by atoms with van der Waals surface area (Å²) in [4.78, 5) is 20.1. The summed E-state index contributed by atoms with van der Waals surface area (Å²) in [5, 5.41) is 25.1. The van der Waals surface area contributed by atoms with Crippen LogP contribution < -0.4 is 41.3 Å². The minimum Gasteiger partial charge on any atom is -0.482 e. The molecule has 0 unspecified atom stereocenters. The van der Waals surface area contributed by atoms with Crippen molar-refractivity contribution in [2.75, 3.05) is 13.2 Å². The molecule has 0 bridgehead atoms. The Morgan fingerprint density at radius 2 is 0.475 bits per heavy atom. The first-order valence-corrected chi connectivity index (χ1v) is 22.3. The average Bonchev–Trinajstić information content (AvgIpc) is 3.31. The maximum atomic E-state index is 10.0. The van der Waals surface area contributed by atoms with E-state index in [-0.39, 0.29) is 34.3 Å². The number of hydrogen-bond donors (Lipinski definition) is 2. The van der Waals surface area contributed by atoms with Gasteiger partial charge in [-0.15, -0.1) is 0 Å². The van der Waals surface area contributed by atoms with E-state index >= 15 is 0 Å². The van der Waals surface area contributed by atoms with Crippen LogP contribution in [-0.2, 0) is 30.7 Å². The first-order chi connectivity index (χ1) is 29.5. The van der Waals surface area contributed by atoms with Crippen LogP contribution in [0, 0.1) is 0 Å². The van der Waals surface area contributed by atoms with Crippen molar-refractivity contribution in [2.24, 2.45) is 0 Å². The summed E-state index contributed by atoms with van der Waals surface area (Å²) in [7, 11) is -1.75. The van der Waals surface area contributed by atoms with Gasteiger partial charge >= 0.3 is 11.9 Å². The second-order valence-electron chi connectivity index (χ2n) is 12.9. The van der Waals surface area contributed by atoms with E-state index in [4.69, 9.17) is 19.7 Å². The van der Waals surface area contributed by atoms with Gasteiger partial charge in [0.1, 0.15) is 43.3 Å². The van der Waals surface area contributed by atoms with Gasteiger partial charge in [0.15, 0.2) is 13.2 Å². The van der Waals surface area contributed by atoms with Crippen molar-refractivity contribution in [3.8, 4) is 11.5 Å². The van der Waals surface area contributed by atoms with E-state index in [1.165, 1.54) is 31.8 Å². The number of carbonyl (C=O) groups is 2. The van der Waals surface area contributed by atoms with Crippen LogP contribution in [-0.4, -0.2) is 35.4 Å². The standard InChI is InChI=1S/2C18H15P.2C8H8O3.Pt/c2*1-4-10-16(11-5-1)19(17-12-6-2-7-13-17)18-14-8-3-9-15-18;2*9-8(10)6-11-7-4-2-1-3-5-7;/h2*1-15H;2*1-5H,6H2,(H,9,10);/p+2. The van der Waals surface area contributed by atoms with Gasteiger partial charge in [0.05, 0.1) is 15.8 Å². The van der Waals surface area contributed by atoms with Gasteiger partial charge in [0, 0.05) is 21.1 Å². The molecule has 6 nitrogen and oxygen atoms in total. The van der Waals surface area contributed by atoms with Gasteiger partial charge in [-0.1, -0.05) is 146 Å². The fourth-order valence-corrected chi connectivity index (χ4v) is 11.1. The Kier molecular flexibility index (Phi) is 21.5. The Balaban J connectivity index is 0.000000184. The zero-order chi connectivity index (χ0) is 42.0. The molecular formula is C52H48O6P2Pt+2. The van der Waals surface area contributed by atoms with Crippen LogP contribution in [0.25, 0.3) is 0 Å². The van der Waals surface area contributed by atoms with Gasteiger partial charge < -0.3 is 19.7 Å². The van der Waals surface area contributed by atoms with Crippen molar-refractivity contribution in [2.45, 2.75) is 0 Å². The quantitative estimate of drug-likeness (QED) is 0.119. The minimum absolute atomic E-state index is 0. The van der Waals surface area contributed by atoms with Crippen molar-refractivity contribution < 1.29 is 50.3 Å². The molecule has 0 saturated heterocycles. The summed E-state index contributed by atoms with van der Waals surface area (Å²) in [5.41, 5.74) is 0. The number of ether oxygens (including phenoxy) is 2. The molecule has 0 saturated carbocycles. The van der Waals surface area contributed by atoms with Gasteiger partial charge in [0.2, 0.25) is 0 Å². The second-order valence-corrected chi connectivity index (χ2v) is 17.9. The molecule has 0 aliphatic carbocycles. The Morgan fingerprint density at radius 1 is 0.311 bits per heavy atom. The molecule has 0 aliphatic heterocycles. The molecule has 310 valence electrons. The largest absolute Gasteiger partial charge is 0.482 e. The first-order valence-electron chi connectivity index (χ1n) is 19.3. The molecule has 8 aromatic rings. The predicted octanol–water partition coefficient (Wildman–Crippen LogP) is 8.65. The van der Waals surface area contributed by atoms with Crippen LogP contribution in [0.5, 0.6) is 11.5 Å². The minimum atomic E-state index is -0.964. The zero-order valence-electron chi connectivity index (χ0n) is 33.4. The molecule has 2 N–H and O–H groups in total. The van der Waals surface area contributed by atoms with E-state index < -0.39 is 27.8 Å². The van der Waals surface area contributed by atoms with Gasteiger partial charge in [-0.05, 0) is 97.1 Å². The summed E-state index contributed by atoms with van der Waals surface area (Å²) >= 11 is 0. The smallest absolute Gasteiger partial charge is 0.341 e. The monoisotopic (exact) mass is 1030 g/mol. The number of rotatable bonds is 12. The molecule has 0 atom stereocenters. The predicted molar refractivity (Wildman–Crippen MR) is 252 cm³/mol. The van der Waals surface area contributed by atoms with Crippen molar-refractivity contribution in [1.82, 2.24) is 0 Å². The van der Waals surface area contributed by atoms with Gasteiger partial charge in [-0.2, -0.15) is 0 Å². The number of para-hydroxylation sites is 2. The number of benzene rings is 8. The number of carboxylic acid groups (broad SMARTS) is 2. The summed E-state index contributed by atoms with van der Waals surface area (Å²) in [5.74, 6) is -0.771. The van der Waals surface area contributed by atoms with Crippen molar-refractivity contribution in [1.29, 1.82) is 0 Å². The van der Waals surface area contributed by atoms with Crippen LogP contribution in [0.15, 0.2) is 243 Å². The molecule has 0 radical (unpaired) electrons. The Labute approximate surface area is 375 Å². The number of carboxylic acids is 2. The van der Waals surface area contributed by atoms with E-state index in [0.29, 0.717) is 11.5 Å². The normalized spacial score (nSPS) is 9.87. The van der Waals surface area contributed by atoms with Crippen LogP contribution >= 0.6 is 15.8 Å². The van der Waals surface area contributed by atoms with Crippen molar-refractivity contribution >= 4 is 59.6 Å². The van der Waals surface area contributed by atoms with E-state index in [1.807, 2.05) is 12.1 Å². The maximum Gasteiger partial charge on any atom is 0.341 e. The van der Waals surface area contributed by atoms with Gasteiger partial charge in [-0.25, -0.2) is 9.59 Å². The molecule has 0 amide bonds. The second kappa shape index (κ2) is 27.6. The summed E-state index contributed by atoms with van der Waals surface area (Å²) in [6, 6.07) is 82.7. The topological polar surface area (TPSA) is 93.1 Å². The maximum absolute atomic E-state index is 10.0. The Bertz CT molecular complexity index is 2010. The molecular weight excluding hydrogens is 978 g/mol.